The maximum Gasteiger partial charge on any atom is 0.325 e. The number of amides is 2. The fourth-order valence-electron chi connectivity index (χ4n) is 3.77. The van der Waals surface area contributed by atoms with Gasteiger partial charge in [-0.25, -0.2) is 14.7 Å². The lowest BCUT2D eigenvalue weighted by Gasteiger charge is -2.33. The molecule has 2 N–H and O–H groups in total. The van der Waals surface area contributed by atoms with Crippen molar-refractivity contribution < 1.29 is 19.1 Å². The highest BCUT2D eigenvalue weighted by molar-refractivity contribution is 7.10. The van der Waals surface area contributed by atoms with E-state index in [0.29, 0.717) is 71.9 Å². The van der Waals surface area contributed by atoms with Crippen LogP contribution in [0.2, 0.25) is 0 Å². The fraction of sp³-hybridized carbons (Fsp3) is 0.304. The van der Waals surface area contributed by atoms with Crippen LogP contribution in [0.5, 0.6) is 5.75 Å². The van der Waals surface area contributed by atoms with Crippen LogP contribution in [0.3, 0.4) is 0 Å². The summed E-state index contributed by atoms with van der Waals surface area (Å²) in [6, 6.07) is 11.6. The first-order valence-corrected chi connectivity index (χ1v) is 11.4. The molecule has 1 aromatic heterocycles. The number of carbonyl (C=O) groups is 2. The maximum absolute atomic E-state index is 13.8. The minimum atomic E-state index is -0.747. The first-order chi connectivity index (χ1) is 16.0. The number of urea groups is 1. The molecule has 9 nitrogen and oxygen atoms in total. The van der Waals surface area contributed by atoms with Gasteiger partial charge in [0.05, 0.1) is 37.3 Å². The Bertz CT molecular complexity index is 1160. The molecular weight excluding hydrogens is 442 g/mol. The third-order valence-electron chi connectivity index (χ3n) is 5.37. The molecule has 10 heteroatoms. The molecule has 0 aliphatic carbocycles. The number of methoxy groups -OCH3 is 1. The van der Waals surface area contributed by atoms with Gasteiger partial charge in [-0.15, -0.1) is 0 Å². The molecule has 2 amide bonds. The van der Waals surface area contributed by atoms with Crippen molar-refractivity contribution in [3.63, 3.8) is 0 Å². The van der Waals surface area contributed by atoms with E-state index in [1.165, 1.54) is 12.0 Å². The number of hydrogen-bond acceptors (Lipinski definition) is 8. The summed E-state index contributed by atoms with van der Waals surface area (Å²) < 4.78 is 15.2. The lowest BCUT2D eigenvalue weighted by Crippen LogP contribution is -2.39. The molecule has 33 heavy (non-hydrogen) atoms. The summed E-state index contributed by atoms with van der Waals surface area (Å²) in [5.74, 6) is 0.756. The fourth-order valence-corrected chi connectivity index (χ4v) is 4.53. The van der Waals surface area contributed by atoms with Gasteiger partial charge in [0.15, 0.2) is 5.78 Å². The molecule has 0 radical (unpaired) electrons. The Morgan fingerprint density at radius 2 is 1.88 bits per heavy atom. The van der Waals surface area contributed by atoms with E-state index in [9.17, 15) is 9.59 Å². The van der Waals surface area contributed by atoms with Crippen LogP contribution in [-0.4, -0.2) is 54.6 Å². The zero-order valence-electron chi connectivity index (χ0n) is 18.5. The molecule has 0 bridgehead atoms. The maximum atomic E-state index is 13.8. The summed E-state index contributed by atoms with van der Waals surface area (Å²) in [5, 5.41) is 0.314. The molecule has 0 saturated carbocycles. The zero-order valence-corrected chi connectivity index (χ0v) is 19.3. The van der Waals surface area contributed by atoms with Gasteiger partial charge in [-0.05, 0) is 24.3 Å². The normalized spacial score (nSPS) is 13.6. The second-order valence-corrected chi connectivity index (χ2v) is 8.05. The number of carbonyl (C=O) groups excluding carboxylic acids is 2. The number of anilines is 3. The van der Waals surface area contributed by atoms with Crippen molar-refractivity contribution in [1.82, 2.24) is 9.36 Å². The summed E-state index contributed by atoms with van der Waals surface area (Å²) in [7, 11) is 1.51. The quantitative estimate of drug-likeness (QED) is 0.530. The van der Waals surface area contributed by atoms with E-state index in [-0.39, 0.29) is 5.78 Å². The van der Waals surface area contributed by atoms with Crippen LogP contribution in [0, 0.1) is 0 Å². The van der Waals surface area contributed by atoms with E-state index in [1.807, 2.05) is 13.0 Å². The van der Waals surface area contributed by atoms with Gasteiger partial charge in [-0.3, -0.25) is 4.79 Å². The predicted molar refractivity (Wildman–Crippen MR) is 127 cm³/mol. The van der Waals surface area contributed by atoms with E-state index in [0.717, 1.165) is 11.5 Å². The lowest BCUT2D eigenvalue weighted by molar-refractivity contribution is 0.103. The molecule has 1 fully saturated rings. The highest BCUT2D eigenvalue weighted by atomic mass is 32.1. The van der Waals surface area contributed by atoms with Crippen LogP contribution in [0.25, 0.3) is 0 Å². The molecule has 3 aromatic rings. The van der Waals surface area contributed by atoms with Gasteiger partial charge in [0, 0.05) is 36.6 Å². The predicted octanol–water partition coefficient (Wildman–Crippen LogP) is 3.39. The van der Waals surface area contributed by atoms with Crippen molar-refractivity contribution in [2.75, 3.05) is 43.2 Å². The molecule has 1 aliphatic heterocycles. The van der Waals surface area contributed by atoms with Crippen molar-refractivity contribution in [3.05, 3.63) is 59.4 Å². The van der Waals surface area contributed by atoms with Gasteiger partial charge in [-0.1, -0.05) is 25.1 Å². The summed E-state index contributed by atoms with van der Waals surface area (Å²) in [4.78, 5) is 34.4. The standard InChI is InChI=1S/C23H25N5O4S/c1-3-19-25-23(33-26-19)28(22(24)30)20-16(21(29)15-7-4-5-10-18(15)31-2)8-6-9-17(20)27-11-13-32-14-12-27/h4-10H,3,11-14H2,1-2H3,(H2,24,30). The highest BCUT2D eigenvalue weighted by Gasteiger charge is 2.31. The van der Waals surface area contributed by atoms with E-state index in [4.69, 9.17) is 15.2 Å². The van der Waals surface area contributed by atoms with Gasteiger partial charge in [-0.2, -0.15) is 4.37 Å². The van der Waals surface area contributed by atoms with Crippen molar-refractivity contribution in [2.24, 2.45) is 5.73 Å². The number of hydrogen-bond donors (Lipinski definition) is 1. The minimum Gasteiger partial charge on any atom is -0.496 e. The van der Waals surface area contributed by atoms with Crippen molar-refractivity contribution in [1.29, 1.82) is 0 Å². The van der Waals surface area contributed by atoms with E-state index in [2.05, 4.69) is 14.3 Å². The van der Waals surface area contributed by atoms with Gasteiger partial charge >= 0.3 is 6.03 Å². The van der Waals surface area contributed by atoms with Crippen molar-refractivity contribution in [3.8, 4) is 5.75 Å². The van der Waals surface area contributed by atoms with Crippen molar-refractivity contribution in [2.45, 2.75) is 13.3 Å². The molecule has 0 spiro atoms. The number of nitrogens with two attached hydrogens (primary N) is 1. The largest absolute Gasteiger partial charge is 0.496 e. The third kappa shape index (κ3) is 4.53. The Balaban J connectivity index is 1.93. The number of para-hydroxylation sites is 2. The van der Waals surface area contributed by atoms with Crippen LogP contribution in [0.15, 0.2) is 42.5 Å². The molecule has 4 rings (SSSR count). The van der Waals surface area contributed by atoms with Crippen LogP contribution in [0.4, 0.5) is 21.3 Å². The summed E-state index contributed by atoms with van der Waals surface area (Å²) in [6.45, 7) is 4.24. The summed E-state index contributed by atoms with van der Waals surface area (Å²) in [6.07, 6.45) is 0.612. The summed E-state index contributed by atoms with van der Waals surface area (Å²) >= 11 is 1.07. The minimum absolute atomic E-state index is 0.288. The molecule has 0 unspecified atom stereocenters. The molecule has 172 valence electrons. The van der Waals surface area contributed by atoms with E-state index in [1.54, 1.807) is 36.4 Å². The van der Waals surface area contributed by atoms with Gasteiger partial charge in [0.1, 0.15) is 11.6 Å². The number of ether oxygens (including phenoxy) is 2. The van der Waals surface area contributed by atoms with Crippen LogP contribution in [-0.2, 0) is 11.2 Å². The number of morpholine rings is 1. The summed E-state index contributed by atoms with van der Waals surface area (Å²) in [5.41, 5.74) is 7.64. The Hall–Kier alpha value is -3.50. The molecule has 2 aromatic carbocycles. The van der Waals surface area contributed by atoms with Crippen LogP contribution >= 0.6 is 11.5 Å². The van der Waals surface area contributed by atoms with Crippen LogP contribution in [0.1, 0.15) is 28.7 Å². The van der Waals surface area contributed by atoms with Gasteiger partial charge in [0.2, 0.25) is 5.13 Å². The molecule has 1 saturated heterocycles. The Labute approximate surface area is 195 Å². The van der Waals surface area contributed by atoms with Gasteiger partial charge in [0.25, 0.3) is 0 Å². The number of nitrogens with zero attached hydrogens (tertiary/aromatic N) is 4. The molecule has 2 heterocycles. The Morgan fingerprint density at radius 1 is 1.15 bits per heavy atom. The first-order valence-electron chi connectivity index (χ1n) is 10.6. The number of rotatable bonds is 7. The molecular formula is C23H25N5O4S. The second kappa shape index (κ2) is 9.97. The third-order valence-corrected chi connectivity index (χ3v) is 6.11. The average Bonchev–Trinajstić information content (AvgIpc) is 3.33. The van der Waals surface area contributed by atoms with E-state index < -0.39 is 6.03 Å². The van der Waals surface area contributed by atoms with Crippen LogP contribution < -0.4 is 20.3 Å². The van der Waals surface area contributed by atoms with Crippen molar-refractivity contribution >= 4 is 39.9 Å². The first kappa shape index (κ1) is 22.7. The molecule has 0 atom stereocenters. The highest BCUT2D eigenvalue weighted by Crippen LogP contribution is 2.40. The number of benzene rings is 2. The smallest absolute Gasteiger partial charge is 0.325 e. The number of ketones is 1. The topological polar surface area (TPSA) is 111 Å². The SMILES string of the molecule is CCc1nsc(N(C(N)=O)c2c(C(=O)c3ccccc3OC)cccc2N2CCOCC2)n1. The van der Waals surface area contributed by atoms with E-state index >= 15 is 0 Å². The van der Waals surface area contributed by atoms with Gasteiger partial charge < -0.3 is 20.1 Å². The lowest BCUT2D eigenvalue weighted by atomic mass is 9.98. The zero-order chi connectivity index (χ0) is 23.4. The Morgan fingerprint density at radius 3 is 2.55 bits per heavy atom. The average molecular weight is 468 g/mol. The number of aromatic nitrogens is 2. The second-order valence-electron chi connectivity index (χ2n) is 7.32. The molecule has 1 aliphatic rings. The monoisotopic (exact) mass is 467 g/mol. The number of aryl methyl sites for hydroxylation is 1. The number of primary amides is 1. The Kier molecular flexibility index (Phi) is 6.85.